The average molecular weight is 249 g/mol. The Kier molecular flexibility index (Phi) is 2.93. The van der Waals surface area contributed by atoms with Crippen LogP contribution >= 0.6 is 0 Å². The lowest BCUT2D eigenvalue weighted by molar-refractivity contribution is 0.323. The standard InChI is InChI=1S/C15H11N3O/c1-11-9-12-3-2-6-17-14(12)5-4-13-10-16-7-8-18-15(13)19-11/h2-3,5-7,9-10H,1,4H2/b12-9-,14-5+. The molecule has 4 nitrogen and oxygen atoms in total. The van der Waals surface area contributed by atoms with Crippen LogP contribution in [-0.2, 0) is 4.74 Å². The molecule has 0 unspecified atom stereocenters. The fourth-order valence-corrected chi connectivity index (χ4v) is 1.86. The normalized spacial score (nSPS) is 20.5. The second-order valence-electron chi connectivity index (χ2n) is 4.08. The molecule has 0 N–H and O–H groups in total. The van der Waals surface area contributed by atoms with Crippen molar-refractivity contribution in [2.45, 2.75) is 6.42 Å². The highest BCUT2D eigenvalue weighted by Crippen LogP contribution is 2.16. The van der Waals surface area contributed by atoms with Gasteiger partial charge in [-0.1, -0.05) is 18.7 Å². The molecule has 1 aromatic rings. The van der Waals surface area contributed by atoms with Crippen molar-refractivity contribution in [2.75, 3.05) is 0 Å². The van der Waals surface area contributed by atoms with Crippen molar-refractivity contribution in [2.24, 2.45) is 9.98 Å². The summed E-state index contributed by atoms with van der Waals surface area (Å²) in [5, 5.41) is 1.87. The maximum absolute atomic E-state index is 5.65. The van der Waals surface area contributed by atoms with E-state index < -0.39 is 0 Å². The lowest BCUT2D eigenvalue weighted by Gasteiger charge is -2.06. The van der Waals surface area contributed by atoms with E-state index in [1.165, 1.54) is 6.20 Å². The summed E-state index contributed by atoms with van der Waals surface area (Å²) in [5.74, 6) is 3.68. The minimum absolute atomic E-state index is 0.475. The molecule has 92 valence electrons. The van der Waals surface area contributed by atoms with Gasteiger partial charge in [-0.2, -0.15) is 4.99 Å². The molecule has 4 heteroatoms. The van der Waals surface area contributed by atoms with Gasteiger partial charge in [0.05, 0.1) is 11.5 Å². The monoisotopic (exact) mass is 249 g/mol. The van der Waals surface area contributed by atoms with Gasteiger partial charge in [0.25, 0.3) is 0 Å². The van der Waals surface area contributed by atoms with Gasteiger partial charge in [0.2, 0.25) is 5.88 Å². The molecule has 0 fully saturated rings. The first-order chi connectivity index (χ1) is 9.33. The molecule has 0 saturated heterocycles. The maximum atomic E-state index is 5.65. The van der Waals surface area contributed by atoms with E-state index in [9.17, 15) is 0 Å². The van der Waals surface area contributed by atoms with Crippen LogP contribution in [0.1, 0.15) is 6.42 Å². The molecule has 0 radical (unpaired) electrons. The summed E-state index contributed by atoms with van der Waals surface area (Å²) in [6.07, 6.45) is 9.49. The molecule has 19 heavy (non-hydrogen) atoms. The Morgan fingerprint density at radius 1 is 1.37 bits per heavy atom. The number of aliphatic imine (C=N–C) groups is 2. The first-order valence-electron chi connectivity index (χ1n) is 5.87. The fourth-order valence-electron chi connectivity index (χ4n) is 1.86. The Morgan fingerprint density at radius 3 is 3.26 bits per heavy atom. The maximum Gasteiger partial charge on any atom is 0.232 e. The molecule has 0 aromatic carbocycles. The second kappa shape index (κ2) is 4.88. The summed E-state index contributed by atoms with van der Waals surface area (Å²) in [4.78, 5) is 12.5. The predicted octanol–water partition coefficient (Wildman–Crippen LogP) is 1.06. The third kappa shape index (κ3) is 2.44. The van der Waals surface area contributed by atoms with Crippen molar-refractivity contribution >= 4 is 24.2 Å². The zero-order chi connectivity index (χ0) is 13.1. The van der Waals surface area contributed by atoms with Crippen molar-refractivity contribution < 1.29 is 4.74 Å². The van der Waals surface area contributed by atoms with Gasteiger partial charge in [0, 0.05) is 29.1 Å². The molecule has 1 aromatic heterocycles. The average Bonchev–Trinajstić information content (AvgIpc) is 2.59. The number of aromatic nitrogens is 1. The lowest BCUT2D eigenvalue weighted by Crippen LogP contribution is -2.27. The molecule has 0 aliphatic carbocycles. The zero-order valence-electron chi connectivity index (χ0n) is 10.2. The van der Waals surface area contributed by atoms with Gasteiger partial charge in [0.1, 0.15) is 5.76 Å². The Morgan fingerprint density at radius 2 is 2.32 bits per heavy atom. The van der Waals surface area contributed by atoms with Gasteiger partial charge in [-0.05, 0) is 18.6 Å². The molecule has 3 rings (SSSR count). The first kappa shape index (κ1) is 11.4. The largest absolute Gasteiger partial charge is 0.439 e. The number of fused-ring (bicyclic) bond motifs is 1. The molecular formula is C15H11N3O. The predicted molar refractivity (Wildman–Crippen MR) is 74.8 cm³/mol. The summed E-state index contributed by atoms with van der Waals surface area (Å²) < 4.78 is 5.65. The third-order valence-electron chi connectivity index (χ3n) is 2.73. The number of hydrogen-bond donors (Lipinski definition) is 0. The van der Waals surface area contributed by atoms with Crippen LogP contribution in [0.15, 0.2) is 58.3 Å². The Bertz CT molecular complexity index is 778. The van der Waals surface area contributed by atoms with Crippen LogP contribution in [-0.4, -0.2) is 17.1 Å². The number of pyridine rings is 1. The molecule has 2 aliphatic rings. The highest BCUT2D eigenvalue weighted by Gasteiger charge is 2.09. The second-order valence-corrected chi connectivity index (χ2v) is 4.08. The van der Waals surface area contributed by atoms with E-state index in [1.807, 2.05) is 24.3 Å². The van der Waals surface area contributed by atoms with Gasteiger partial charge >= 0.3 is 0 Å². The third-order valence-corrected chi connectivity index (χ3v) is 2.73. The van der Waals surface area contributed by atoms with E-state index >= 15 is 0 Å². The van der Waals surface area contributed by atoms with Crippen molar-refractivity contribution in [1.29, 1.82) is 0 Å². The van der Waals surface area contributed by atoms with Crippen molar-refractivity contribution in [3.8, 4) is 0 Å². The minimum atomic E-state index is 0.475. The van der Waals surface area contributed by atoms with E-state index in [4.69, 9.17) is 4.74 Å². The van der Waals surface area contributed by atoms with Crippen LogP contribution < -0.4 is 10.6 Å². The van der Waals surface area contributed by atoms with Crippen LogP contribution in [0.4, 0.5) is 0 Å². The number of rotatable bonds is 0. The van der Waals surface area contributed by atoms with Crippen molar-refractivity contribution in [1.82, 2.24) is 4.98 Å². The van der Waals surface area contributed by atoms with Gasteiger partial charge in [-0.15, -0.1) is 0 Å². The van der Waals surface area contributed by atoms with Gasteiger partial charge < -0.3 is 4.74 Å². The Hall–Kier alpha value is -2.71. The van der Waals surface area contributed by atoms with E-state index in [0.29, 0.717) is 18.1 Å². The molecule has 2 aliphatic heterocycles. The van der Waals surface area contributed by atoms with E-state index in [0.717, 1.165) is 16.1 Å². The summed E-state index contributed by atoms with van der Waals surface area (Å²) in [7, 11) is 0. The molecular weight excluding hydrogens is 238 g/mol. The quantitative estimate of drug-likeness (QED) is 0.690. The SMILES string of the molecule is C=C1/C=c2/cccn/c2=C/CC2=C(N=C=CN=C2)O1. The fraction of sp³-hybridized carbons (Fsp3) is 0.0667. The van der Waals surface area contributed by atoms with Crippen LogP contribution in [0.2, 0.25) is 0 Å². The van der Waals surface area contributed by atoms with Crippen LogP contribution in [0.5, 0.6) is 0 Å². The molecule has 3 heterocycles. The lowest BCUT2D eigenvalue weighted by atomic mass is 10.2. The number of ether oxygens (including phenoxy) is 1. The number of nitrogens with zero attached hydrogens (tertiary/aromatic N) is 3. The first-order valence-corrected chi connectivity index (χ1v) is 5.87. The van der Waals surface area contributed by atoms with E-state index in [-0.39, 0.29) is 0 Å². The number of allylic oxidation sites excluding steroid dienone is 2. The van der Waals surface area contributed by atoms with Crippen LogP contribution in [0, 0.1) is 0 Å². The molecule has 0 saturated carbocycles. The van der Waals surface area contributed by atoms with Gasteiger partial charge in [-0.25, -0.2) is 0 Å². The smallest absolute Gasteiger partial charge is 0.232 e. The number of hydrogen-bond acceptors (Lipinski definition) is 4. The molecule has 0 amide bonds. The van der Waals surface area contributed by atoms with Gasteiger partial charge in [-0.3, -0.25) is 9.98 Å². The zero-order valence-corrected chi connectivity index (χ0v) is 10.2. The molecule has 0 bridgehead atoms. The van der Waals surface area contributed by atoms with E-state index in [2.05, 4.69) is 27.4 Å². The molecule has 0 atom stereocenters. The topological polar surface area (TPSA) is 46.8 Å². The van der Waals surface area contributed by atoms with Crippen molar-refractivity contribution in [3.05, 3.63) is 58.9 Å². The summed E-state index contributed by atoms with van der Waals surface area (Å²) >= 11 is 0. The van der Waals surface area contributed by atoms with Gasteiger partial charge in [0.15, 0.2) is 0 Å². The summed E-state index contributed by atoms with van der Waals surface area (Å²) in [6, 6.07) is 3.86. The highest BCUT2D eigenvalue weighted by molar-refractivity contribution is 5.83. The van der Waals surface area contributed by atoms with Crippen LogP contribution in [0.3, 0.4) is 0 Å². The van der Waals surface area contributed by atoms with Crippen molar-refractivity contribution in [3.63, 3.8) is 0 Å². The summed E-state index contributed by atoms with van der Waals surface area (Å²) in [5.41, 5.74) is 0.870. The Labute approximate surface area is 110 Å². The summed E-state index contributed by atoms with van der Waals surface area (Å²) in [6.45, 7) is 3.88. The minimum Gasteiger partial charge on any atom is -0.439 e. The molecule has 0 spiro atoms. The van der Waals surface area contributed by atoms with E-state index in [1.54, 1.807) is 12.4 Å². The highest BCUT2D eigenvalue weighted by atomic mass is 16.5. The Balaban J connectivity index is 2.18. The van der Waals surface area contributed by atoms with Crippen LogP contribution in [0.25, 0.3) is 12.2 Å².